The van der Waals surface area contributed by atoms with E-state index in [0.29, 0.717) is 39.6 Å². The zero-order chi connectivity index (χ0) is 19.9. The van der Waals surface area contributed by atoms with Crippen LogP contribution in [0.25, 0.3) is 0 Å². The lowest BCUT2D eigenvalue weighted by Gasteiger charge is -2.22. The summed E-state index contributed by atoms with van der Waals surface area (Å²) in [6, 6.07) is 0. The summed E-state index contributed by atoms with van der Waals surface area (Å²) < 4.78 is 34.0. The summed E-state index contributed by atoms with van der Waals surface area (Å²) >= 11 is 0. The highest BCUT2D eigenvalue weighted by atomic mass is 16.6. The first kappa shape index (κ1) is 25.8. The molecule has 5 atom stereocenters. The lowest BCUT2D eigenvalue weighted by Crippen LogP contribution is -2.29. The van der Waals surface area contributed by atoms with Crippen molar-refractivity contribution < 1.29 is 28.4 Å². The average molecular weight is 379 g/mol. The molecular formula is C20H42O6. The molecule has 158 valence electrons. The predicted octanol–water partition coefficient (Wildman–Crippen LogP) is 3.46. The van der Waals surface area contributed by atoms with E-state index >= 15 is 0 Å². The Morgan fingerprint density at radius 1 is 0.423 bits per heavy atom. The number of hydrogen-bond donors (Lipinski definition) is 0. The maximum absolute atomic E-state index is 5.79. The van der Waals surface area contributed by atoms with Crippen LogP contribution in [0.1, 0.15) is 55.4 Å². The van der Waals surface area contributed by atoms with Crippen LogP contribution < -0.4 is 0 Å². The highest BCUT2D eigenvalue weighted by Gasteiger charge is 2.12. The minimum Gasteiger partial charge on any atom is -0.376 e. The van der Waals surface area contributed by atoms with Crippen molar-refractivity contribution in [1.82, 2.24) is 0 Å². The van der Waals surface area contributed by atoms with Gasteiger partial charge in [0.1, 0.15) is 0 Å². The van der Waals surface area contributed by atoms with E-state index in [2.05, 4.69) is 0 Å². The Bertz CT molecular complexity index is 313. The van der Waals surface area contributed by atoms with Gasteiger partial charge in [0.2, 0.25) is 0 Å². The maximum Gasteiger partial charge on any atom is 0.0781 e. The van der Waals surface area contributed by atoms with E-state index in [1.165, 1.54) is 0 Å². The van der Waals surface area contributed by atoms with Gasteiger partial charge < -0.3 is 28.4 Å². The SMILES string of the molecule is CCOC(C)COC(C)COC(C)COC(C)COC(C)COC(C)C. The highest BCUT2D eigenvalue weighted by Crippen LogP contribution is 2.03. The summed E-state index contributed by atoms with van der Waals surface area (Å²) in [6.07, 6.45) is 0.453. The summed E-state index contributed by atoms with van der Waals surface area (Å²) in [5.74, 6) is 0. The Kier molecular flexibility index (Phi) is 15.6. The van der Waals surface area contributed by atoms with E-state index in [-0.39, 0.29) is 36.6 Å². The van der Waals surface area contributed by atoms with Crippen molar-refractivity contribution >= 4 is 0 Å². The minimum atomic E-state index is 0.00881. The minimum absolute atomic E-state index is 0.00881. The van der Waals surface area contributed by atoms with Gasteiger partial charge in [0.15, 0.2) is 0 Å². The van der Waals surface area contributed by atoms with E-state index in [0.717, 1.165) is 0 Å². The largest absolute Gasteiger partial charge is 0.376 e. The van der Waals surface area contributed by atoms with E-state index in [4.69, 9.17) is 28.4 Å². The van der Waals surface area contributed by atoms with Crippen LogP contribution in [0, 0.1) is 0 Å². The Balaban J connectivity index is 3.72. The van der Waals surface area contributed by atoms with Gasteiger partial charge in [-0.1, -0.05) is 0 Å². The van der Waals surface area contributed by atoms with Gasteiger partial charge in [-0.25, -0.2) is 0 Å². The second kappa shape index (κ2) is 15.8. The summed E-state index contributed by atoms with van der Waals surface area (Å²) in [7, 11) is 0. The number of hydrogen-bond acceptors (Lipinski definition) is 6. The van der Waals surface area contributed by atoms with Crippen LogP contribution >= 0.6 is 0 Å². The third-order valence-electron chi connectivity index (χ3n) is 3.58. The molecule has 0 saturated carbocycles. The smallest absolute Gasteiger partial charge is 0.0781 e. The van der Waals surface area contributed by atoms with Gasteiger partial charge in [0.25, 0.3) is 0 Å². The van der Waals surface area contributed by atoms with Crippen molar-refractivity contribution in [3.63, 3.8) is 0 Å². The van der Waals surface area contributed by atoms with Crippen molar-refractivity contribution in [2.24, 2.45) is 0 Å². The van der Waals surface area contributed by atoms with E-state index in [9.17, 15) is 0 Å². The molecule has 0 spiro atoms. The van der Waals surface area contributed by atoms with Crippen LogP contribution in [0.4, 0.5) is 0 Å². The van der Waals surface area contributed by atoms with Gasteiger partial charge in [-0.3, -0.25) is 0 Å². The van der Waals surface area contributed by atoms with Crippen molar-refractivity contribution in [3.8, 4) is 0 Å². The molecule has 0 amide bonds. The maximum atomic E-state index is 5.79. The Morgan fingerprint density at radius 2 is 0.692 bits per heavy atom. The Hall–Kier alpha value is -0.240. The van der Waals surface area contributed by atoms with Crippen molar-refractivity contribution in [1.29, 1.82) is 0 Å². The molecule has 0 saturated heterocycles. The van der Waals surface area contributed by atoms with Gasteiger partial charge in [-0.05, 0) is 55.4 Å². The second-order valence-electron chi connectivity index (χ2n) is 7.22. The first-order chi connectivity index (χ1) is 12.2. The lowest BCUT2D eigenvalue weighted by molar-refractivity contribution is -0.101. The normalized spacial score (nSPS) is 17.9. The fraction of sp³-hybridized carbons (Fsp3) is 1.00. The molecule has 0 heterocycles. The average Bonchev–Trinajstić information content (AvgIpc) is 2.59. The number of ether oxygens (including phenoxy) is 6. The van der Waals surface area contributed by atoms with Crippen LogP contribution in [0.5, 0.6) is 0 Å². The molecule has 0 aliphatic carbocycles. The van der Waals surface area contributed by atoms with Crippen molar-refractivity contribution in [2.45, 2.75) is 92.0 Å². The highest BCUT2D eigenvalue weighted by molar-refractivity contribution is 4.57. The monoisotopic (exact) mass is 378 g/mol. The summed E-state index contributed by atoms with van der Waals surface area (Å²) in [5.41, 5.74) is 0. The zero-order valence-electron chi connectivity index (χ0n) is 18.2. The number of rotatable bonds is 17. The molecule has 0 aliphatic rings. The van der Waals surface area contributed by atoms with Crippen LogP contribution in [-0.2, 0) is 28.4 Å². The molecule has 0 N–H and O–H groups in total. The second-order valence-corrected chi connectivity index (χ2v) is 7.22. The molecule has 0 aliphatic heterocycles. The van der Waals surface area contributed by atoms with Crippen LogP contribution in [-0.4, -0.2) is 76.3 Å². The van der Waals surface area contributed by atoms with Crippen LogP contribution in [0.3, 0.4) is 0 Å². The van der Waals surface area contributed by atoms with E-state index < -0.39 is 0 Å². The quantitative estimate of drug-likeness (QED) is 0.386. The van der Waals surface area contributed by atoms with E-state index in [1.807, 2.05) is 55.4 Å². The molecular weight excluding hydrogens is 336 g/mol. The molecule has 0 fully saturated rings. The third-order valence-corrected chi connectivity index (χ3v) is 3.58. The summed E-state index contributed by atoms with van der Waals surface area (Å²) in [4.78, 5) is 0. The predicted molar refractivity (Wildman–Crippen MR) is 104 cm³/mol. The third kappa shape index (κ3) is 16.0. The van der Waals surface area contributed by atoms with Crippen LogP contribution in [0.15, 0.2) is 0 Å². The van der Waals surface area contributed by atoms with Gasteiger partial charge in [0.05, 0.1) is 69.7 Å². The standard InChI is InChI=1S/C20H42O6/c1-9-21-16(4)11-23-18(6)13-25-20(8)14-26-19(7)12-24-17(5)10-22-15(2)3/h15-20H,9-14H2,1-8H3. The topological polar surface area (TPSA) is 55.4 Å². The van der Waals surface area contributed by atoms with Crippen molar-refractivity contribution in [3.05, 3.63) is 0 Å². The molecule has 0 aromatic carbocycles. The molecule has 0 aromatic rings. The molecule has 6 nitrogen and oxygen atoms in total. The molecule has 0 radical (unpaired) electrons. The lowest BCUT2D eigenvalue weighted by atomic mass is 10.3. The van der Waals surface area contributed by atoms with Gasteiger partial charge in [0, 0.05) is 6.61 Å². The van der Waals surface area contributed by atoms with Crippen LogP contribution in [0.2, 0.25) is 0 Å². The Labute approximate surface area is 160 Å². The van der Waals surface area contributed by atoms with Crippen molar-refractivity contribution in [2.75, 3.05) is 39.6 Å². The molecule has 6 heteroatoms. The Morgan fingerprint density at radius 3 is 0.962 bits per heavy atom. The molecule has 0 aromatic heterocycles. The first-order valence-electron chi connectivity index (χ1n) is 9.94. The zero-order valence-corrected chi connectivity index (χ0v) is 18.2. The van der Waals surface area contributed by atoms with Gasteiger partial charge in [-0.2, -0.15) is 0 Å². The molecule has 0 rings (SSSR count). The molecule has 26 heavy (non-hydrogen) atoms. The first-order valence-corrected chi connectivity index (χ1v) is 9.94. The summed E-state index contributed by atoms with van der Waals surface area (Å²) in [5, 5.41) is 0. The molecule has 0 bridgehead atoms. The fourth-order valence-electron chi connectivity index (χ4n) is 2.05. The molecule has 5 unspecified atom stereocenters. The van der Waals surface area contributed by atoms with E-state index in [1.54, 1.807) is 0 Å². The summed E-state index contributed by atoms with van der Waals surface area (Å²) in [6.45, 7) is 19.5. The fourth-order valence-corrected chi connectivity index (χ4v) is 2.05. The van der Waals surface area contributed by atoms with Gasteiger partial charge >= 0.3 is 0 Å². The van der Waals surface area contributed by atoms with Gasteiger partial charge in [-0.15, -0.1) is 0 Å².